The normalized spacial score (nSPS) is 22.0. The van der Waals surface area contributed by atoms with Crippen LogP contribution in [0, 0.1) is 11.8 Å². The zero-order valence-corrected chi connectivity index (χ0v) is 14.6. The van der Waals surface area contributed by atoms with E-state index in [9.17, 15) is 14.7 Å². The van der Waals surface area contributed by atoms with Crippen LogP contribution in [0.5, 0.6) is 0 Å². The Morgan fingerprint density at radius 1 is 1.29 bits per heavy atom. The number of hydrogen-bond donors (Lipinski definition) is 2. The molecule has 0 radical (unpaired) electrons. The van der Waals surface area contributed by atoms with Gasteiger partial charge in [0.05, 0.1) is 6.10 Å². The second kappa shape index (κ2) is 11.8. The lowest BCUT2D eigenvalue weighted by Crippen LogP contribution is -2.14. The van der Waals surface area contributed by atoms with Gasteiger partial charge in [0.15, 0.2) is 5.78 Å². The molecule has 0 saturated carbocycles. The summed E-state index contributed by atoms with van der Waals surface area (Å²) in [6, 6.07) is 0. The first-order chi connectivity index (χ1) is 11.5. The molecule has 0 saturated heterocycles. The molecule has 4 nitrogen and oxygen atoms in total. The number of carboxylic acid groups (broad SMARTS) is 1. The Hall–Kier alpha value is -1.68. The van der Waals surface area contributed by atoms with Crippen LogP contribution in [0.15, 0.2) is 36.5 Å². The monoisotopic (exact) mass is 334 g/mol. The molecule has 1 aliphatic carbocycles. The van der Waals surface area contributed by atoms with Crippen molar-refractivity contribution in [1.82, 2.24) is 0 Å². The summed E-state index contributed by atoms with van der Waals surface area (Å²) in [6.07, 6.45) is 17.0. The Kier molecular flexibility index (Phi) is 10.0. The van der Waals surface area contributed by atoms with Crippen LogP contribution < -0.4 is 0 Å². The second-order valence-corrected chi connectivity index (χ2v) is 6.39. The number of carbonyl (C=O) groups is 2. The molecule has 0 aromatic carbocycles. The molecule has 0 aromatic heterocycles. The SMILES string of the molecule is CCCCCC(O)/C=C/[C@H]1C(=O)C=CC1C/C=C/CCCC(=O)O. The number of ketones is 1. The molecule has 0 aliphatic heterocycles. The summed E-state index contributed by atoms with van der Waals surface area (Å²) in [4.78, 5) is 22.4. The molecule has 0 heterocycles. The number of carboxylic acids is 1. The summed E-state index contributed by atoms with van der Waals surface area (Å²) in [6.45, 7) is 2.13. The van der Waals surface area contributed by atoms with E-state index >= 15 is 0 Å². The maximum Gasteiger partial charge on any atom is 0.303 e. The molecular formula is C20H30O4. The molecule has 0 fully saturated rings. The fraction of sp³-hybridized carbons (Fsp3) is 0.600. The summed E-state index contributed by atoms with van der Waals surface area (Å²) in [7, 11) is 0. The molecule has 4 heteroatoms. The van der Waals surface area contributed by atoms with Crippen molar-refractivity contribution >= 4 is 11.8 Å². The van der Waals surface area contributed by atoms with E-state index in [0.717, 1.165) is 38.5 Å². The summed E-state index contributed by atoms with van der Waals surface area (Å²) in [5, 5.41) is 18.5. The lowest BCUT2D eigenvalue weighted by atomic mass is 9.90. The minimum atomic E-state index is -0.768. The topological polar surface area (TPSA) is 74.6 Å². The van der Waals surface area contributed by atoms with Gasteiger partial charge in [-0.25, -0.2) is 0 Å². The smallest absolute Gasteiger partial charge is 0.303 e. The minimum absolute atomic E-state index is 0.0938. The molecule has 1 aliphatic rings. The van der Waals surface area contributed by atoms with Crippen molar-refractivity contribution < 1.29 is 19.8 Å². The van der Waals surface area contributed by atoms with Crippen LogP contribution in [-0.2, 0) is 9.59 Å². The Morgan fingerprint density at radius 3 is 2.79 bits per heavy atom. The average Bonchev–Trinajstić information content (AvgIpc) is 2.89. The first kappa shape index (κ1) is 20.4. The van der Waals surface area contributed by atoms with Gasteiger partial charge in [0.1, 0.15) is 0 Å². The third-order valence-corrected chi connectivity index (χ3v) is 4.28. The van der Waals surface area contributed by atoms with Crippen LogP contribution in [0.4, 0.5) is 0 Å². The van der Waals surface area contributed by atoms with Crippen LogP contribution in [0.2, 0.25) is 0 Å². The number of rotatable bonds is 12. The van der Waals surface area contributed by atoms with E-state index in [1.54, 1.807) is 12.2 Å². The molecule has 3 atom stereocenters. The van der Waals surface area contributed by atoms with E-state index in [0.29, 0.717) is 6.42 Å². The Bertz CT molecular complexity index is 476. The van der Waals surface area contributed by atoms with Crippen molar-refractivity contribution in [2.24, 2.45) is 11.8 Å². The van der Waals surface area contributed by atoms with Gasteiger partial charge in [-0.15, -0.1) is 0 Å². The number of aliphatic hydroxyl groups excluding tert-OH is 1. The van der Waals surface area contributed by atoms with E-state index < -0.39 is 12.1 Å². The van der Waals surface area contributed by atoms with Crippen molar-refractivity contribution in [3.05, 3.63) is 36.5 Å². The largest absolute Gasteiger partial charge is 0.481 e. The van der Waals surface area contributed by atoms with Gasteiger partial charge in [-0.2, -0.15) is 0 Å². The maximum atomic E-state index is 12.0. The van der Waals surface area contributed by atoms with Crippen LogP contribution in [0.3, 0.4) is 0 Å². The van der Waals surface area contributed by atoms with Gasteiger partial charge >= 0.3 is 5.97 Å². The fourth-order valence-electron chi connectivity index (χ4n) is 2.81. The second-order valence-electron chi connectivity index (χ2n) is 6.39. The number of allylic oxidation sites excluding steroid dienone is 5. The van der Waals surface area contributed by atoms with Crippen molar-refractivity contribution in [3.8, 4) is 0 Å². The van der Waals surface area contributed by atoms with Crippen LogP contribution in [0.1, 0.15) is 58.3 Å². The van der Waals surface area contributed by atoms with Gasteiger partial charge in [0.25, 0.3) is 0 Å². The first-order valence-corrected chi connectivity index (χ1v) is 8.99. The lowest BCUT2D eigenvalue weighted by Gasteiger charge is -2.13. The number of aliphatic hydroxyl groups is 1. The molecule has 2 unspecified atom stereocenters. The molecule has 0 spiro atoms. The first-order valence-electron chi connectivity index (χ1n) is 8.99. The highest BCUT2D eigenvalue weighted by Crippen LogP contribution is 2.27. The van der Waals surface area contributed by atoms with Crippen molar-refractivity contribution in [3.63, 3.8) is 0 Å². The summed E-state index contributed by atoms with van der Waals surface area (Å²) < 4.78 is 0. The summed E-state index contributed by atoms with van der Waals surface area (Å²) >= 11 is 0. The van der Waals surface area contributed by atoms with Crippen LogP contribution in [0.25, 0.3) is 0 Å². The Labute approximate surface area is 145 Å². The van der Waals surface area contributed by atoms with Gasteiger partial charge in [0, 0.05) is 12.3 Å². The maximum absolute atomic E-state index is 12.0. The third-order valence-electron chi connectivity index (χ3n) is 4.28. The number of unbranched alkanes of at least 4 members (excludes halogenated alkanes) is 3. The van der Waals surface area contributed by atoms with E-state index in [2.05, 4.69) is 6.92 Å². The van der Waals surface area contributed by atoms with Crippen molar-refractivity contribution in [2.75, 3.05) is 0 Å². The van der Waals surface area contributed by atoms with E-state index in [1.165, 1.54) is 0 Å². The van der Waals surface area contributed by atoms with Crippen LogP contribution in [-0.4, -0.2) is 28.1 Å². The minimum Gasteiger partial charge on any atom is -0.481 e. The predicted molar refractivity (Wildman–Crippen MR) is 95.7 cm³/mol. The molecule has 0 amide bonds. The highest BCUT2D eigenvalue weighted by molar-refractivity contribution is 5.95. The zero-order valence-electron chi connectivity index (χ0n) is 14.6. The van der Waals surface area contributed by atoms with E-state index in [4.69, 9.17) is 5.11 Å². The molecule has 1 rings (SSSR count). The third kappa shape index (κ3) is 8.25. The molecule has 24 heavy (non-hydrogen) atoms. The highest BCUT2D eigenvalue weighted by Gasteiger charge is 2.26. The van der Waals surface area contributed by atoms with Gasteiger partial charge in [-0.1, -0.05) is 56.6 Å². The number of aliphatic carboxylic acids is 1. The summed E-state index contributed by atoms with van der Waals surface area (Å²) in [5.74, 6) is -0.728. The van der Waals surface area contributed by atoms with Gasteiger partial charge in [-0.05, 0) is 37.7 Å². The highest BCUT2D eigenvalue weighted by atomic mass is 16.4. The van der Waals surface area contributed by atoms with Gasteiger partial charge < -0.3 is 10.2 Å². The predicted octanol–water partition coefficient (Wildman–Crippen LogP) is 4.06. The van der Waals surface area contributed by atoms with Crippen molar-refractivity contribution in [1.29, 1.82) is 0 Å². The Morgan fingerprint density at radius 2 is 2.08 bits per heavy atom. The van der Waals surface area contributed by atoms with E-state index in [1.807, 2.05) is 24.3 Å². The van der Waals surface area contributed by atoms with Crippen LogP contribution >= 0.6 is 0 Å². The summed E-state index contributed by atoms with van der Waals surface area (Å²) in [5.41, 5.74) is 0. The number of carbonyl (C=O) groups excluding carboxylic acids is 1. The standard InChI is InChI=1S/C20H30O4/c1-2-3-6-10-17(21)13-14-18-16(12-15-19(18)22)9-7-4-5-8-11-20(23)24/h4,7,12-18,21H,2-3,5-6,8-11H2,1H3,(H,23,24)/b7-4+,14-13+/t16?,17?,18-/m1/s1. The molecular weight excluding hydrogens is 304 g/mol. The molecule has 0 bridgehead atoms. The quantitative estimate of drug-likeness (QED) is 0.417. The van der Waals surface area contributed by atoms with Gasteiger partial charge in [0.2, 0.25) is 0 Å². The molecule has 2 N–H and O–H groups in total. The Balaban J connectivity index is 2.38. The lowest BCUT2D eigenvalue weighted by molar-refractivity contribution is -0.137. The van der Waals surface area contributed by atoms with Crippen molar-refractivity contribution in [2.45, 2.75) is 64.4 Å². The zero-order chi connectivity index (χ0) is 17.8. The molecule has 134 valence electrons. The van der Waals surface area contributed by atoms with Gasteiger partial charge in [-0.3, -0.25) is 9.59 Å². The fourth-order valence-corrected chi connectivity index (χ4v) is 2.81. The van der Waals surface area contributed by atoms with E-state index in [-0.39, 0.29) is 24.0 Å². The number of hydrogen-bond acceptors (Lipinski definition) is 3. The molecule has 0 aromatic rings. The average molecular weight is 334 g/mol.